The summed E-state index contributed by atoms with van der Waals surface area (Å²) in [5.74, 6) is 1.20. The van der Waals surface area contributed by atoms with E-state index in [-0.39, 0.29) is 12.7 Å². The predicted molar refractivity (Wildman–Crippen MR) is 79.2 cm³/mol. The van der Waals surface area contributed by atoms with E-state index in [1.54, 1.807) is 0 Å². The van der Waals surface area contributed by atoms with Gasteiger partial charge in [-0.15, -0.1) is 0 Å². The molecule has 4 heteroatoms. The maximum atomic E-state index is 9.84. The van der Waals surface area contributed by atoms with E-state index in [4.69, 9.17) is 5.11 Å². The molecular formula is C15H32N2O2. The second-order valence-electron chi connectivity index (χ2n) is 6.38. The van der Waals surface area contributed by atoms with Crippen molar-refractivity contribution in [3.05, 3.63) is 0 Å². The fourth-order valence-corrected chi connectivity index (χ4v) is 2.90. The first-order valence-electron chi connectivity index (χ1n) is 7.79. The van der Waals surface area contributed by atoms with E-state index in [1.165, 1.54) is 0 Å². The van der Waals surface area contributed by atoms with Gasteiger partial charge in [-0.05, 0) is 37.6 Å². The van der Waals surface area contributed by atoms with Crippen molar-refractivity contribution in [3.8, 4) is 0 Å². The normalized spacial score (nSPS) is 26.8. The van der Waals surface area contributed by atoms with E-state index in [2.05, 4.69) is 24.1 Å². The molecule has 19 heavy (non-hydrogen) atoms. The van der Waals surface area contributed by atoms with E-state index in [9.17, 15) is 5.11 Å². The summed E-state index contributed by atoms with van der Waals surface area (Å²) in [5, 5.41) is 22.6. The Morgan fingerprint density at radius 3 is 2.63 bits per heavy atom. The third kappa shape index (κ3) is 6.70. The molecule has 3 unspecified atom stereocenters. The first kappa shape index (κ1) is 16.9. The van der Waals surface area contributed by atoms with E-state index < -0.39 is 0 Å². The smallest absolute Gasteiger partial charge is 0.0558 e. The Morgan fingerprint density at radius 1 is 1.32 bits per heavy atom. The van der Waals surface area contributed by atoms with Crippen LogP contribution in [0.5, 0.6) is 0 Å². The fraction of sp³-hybridized carbons (Fsp3) is 1.00. The van der Waals surface area contributed by atoms with Crippen molar-refractivity contribution in [2.45, 2.75) is 52.2 Å². The fourth-order valence-electron chi connectivity index (χ4n) is 2.90. The van der Waals surface area contributed by atoms with Crippen LogP contribution in [0.4, 0.5) is 0 Å². The van der Waals surface area contributed by atoms with Gasteiger partial charge in [-0.25, -0.2) is 0 Å². The highest BCUT2D eigenvalue weighted by molar-refractivity contribution is 4.84. The van der Waals surface area contributed by atoms with Crippen LogP contribution in [0.3, 0.4) is 0 Å². The Hall–Kier alpha value is -0.160. The van der Waals surface area contributed by atoms with Gasteiger partial charge < -0.3 is 15.5 Å². The average molecular weight is 272 g/mol. The van der Waals surface area contributed by atoms with Crippen LogP contribution < -0.4 is 5.32 Å². The monoisotopic (exact) mass is 272 g/mol. The minimum atomic E-state index is -0.176. The molecule has 0 aliphatic carbocycles. The zero-order valence-corrected chi connectivity index (χ0v) is 12.8. The van der Waals surface area contributed by atoms with Crippen molar-refractivity contribution in [3.63, 3.8) is 0 Å². The molecule has 0 amide bonds. The largest absolute Gasteiger partial charge is 0.395 e. The SMILES string of the molecule is CCC(O)CC1CC(NCC(C)C)CN(CCO)C1. The summed E-state index contributed by atoms with van der Waals surface area (Å²) in [7, 11) is 0. The summed E-state index contributed by atoms with van der Waals surface area (Å²) in [6, 6.07) is 0.497. The molecule has 1 heterocycles. The number of piperidine rings is 1. The van der Waals surface area contributed by atoms with Gasteiger partial charge in [0.05, 0.1) is 12.7 Å². The standard InChI is InChI=1S/C15H32N2O2/c1-4-15(19)8-13-7-14(16-9-12(2)3)11-17(10-13)5-6-18/h12-16,18-19H,4-11H2,1-3H3. The topological polar surface area (TPSA) is 55.7 Å². The van der Waals surface area contributed by atoms with Crippen LogP contribution in [0, 0.1) is 11.8 Å². The van der Waals surface area contributed by atoms with Crippen molar-refractivity contribution in [2.24, 2.45) is 11.8 Å². The molecule has 0 aromatic carbocycles. The zero-order chi connectivity index (χ0) is 14.3. The molecule has 114 valence electrons. The van der Waals surface area contributed by atoms with Gasteiger partial charge in [-0.1, -0.05) is 20.8 Å². The maximum absolute atomic E-state index is 9.84. The highest BCUT2D eigenvalue weighted by Crippen LogP contribution is 2.22. The molecule has 4 nitrogen and oxygen atoms in total. The molecule has 1 aliphatic heterocycles. The molecule has 1 rings (SSSR count). The number of likely N-dealkylation sites (tertiary alicyclic amines) is 1. The van der Waals surface area contributed by atoms with Crippen LogP contribution in [0.15, 0.2) is 0 Å². The highest BCUT2D eigenvalue weighted by atomic mass is 16.3. The van der Waals surface area contributed by atoms with Gasteiger partial charge in [0.2, 0.25) is 0 Å². The van der Waals surface area contributed by atoms with Crippen molar-refractivity contribution < 1.29 is 10.2 Å². The van der Waals surface area contributed by atoms with Crippen LogP contribution >= 0.6 is 0 Å². The maximum Gasteiger partial charge on any atom is 0.0558 e. The number of nitrogens with zero attached hydrogens (tertiary/aromatic N) is 1. The Bertz CT molecular complexity index is 236. The molecule has 3 N–H and O–H groups in total. The lowest BCUT2D eigenvalue weighted by molar-refractivity contribution is 0.0742. The number of hydrogen-bond acceptors (Lipinski definition) is 4. The lowest BCUT2D eigenvalue weighted by atomic mass is 9.88. The van der Waals surface area contributed by atoms with E-state index >= 15 is 0 Å². The minimum absolute atomic E-state index is 0.176. The Morgan fingerprint density at radius 2 is 2.05 bits per heavy atom. The van der Waals surface area contributed by atoms with E-state index in [0.29, 0.717) is 17.9 Å². The molecule has 0 radical (unpaired) electrons. The highest BCUT2D eigenvalue weighted by Gasteiger charge is 2.27. The predicted octanol–water partition coefficient (Wildman–Crippen LogP) is 1.08. The number of aliphatic hydroxyl groups excluding tert-OH is 2. The lowest BCUT2D eigenvalue weighted by Gasteiger charge is -2.39. The Labute approximate surface area is 118 Å². The number of β-amino-alcohol motifs (C(OH)–C–C–N with tert-alkyl or cyclic N) is 1. The average Bonchev–Trinajstić information content (AvgIpc) is 2.36. The number of aliphatic hydroxyl groups is 2. The van der Waals surface area contributed by atoms with Gasteiger partial charge in [-0.3, -0.25) is 4.90 Å². The third-order valence-electron chi connectivity index (χ3n) is 3.92. The third-order valence-corrected chi connectivity index (χ3v) is 3.92. The Kier molecular flexibility index (Phi) is 7.91. The molecule has 1 aliphatic rings. The van der Waals surface area contributed by atoms with Crippen LogP contribution in [-0.4, -0.2) is 60.0 Å². The molecule has 0 saturated carbocycles. The Balaban J connectivity index is 2.47. The van der Waals surface area contributed by atoms with Gasteiger partial charge >= 0.3 is 0 Å². The summed E-state index contributed by atoms with van der Waals surface area (Å²) < 4.78 is 0. The summed E-state index contributed by atoms with van der Waals surface area (Å²) in [5.41, 5.74) is 0. The summed E-state index contributed by atoms with van der Waals surface area (Å²) in [6.07, 6.45) is 2.69. The second-order valence-corrected chi connectivity index (χ2v) is 6.38. The van der Waals surface area contributed by atoms with Crippen molar-refractivity contribution in [1.82, 2.24) is 10.2 Å². The van der Waals surface area contributed by atoms with Gasteiger partial charge in [0, 0.05) is 25.7 Å². The molecule has 3 atom stereocenters. The van der Waals surface area contributed by atoms with Crippen molar-refractivity contribution in [2.75, 3.05) is 32.8 Å². The van der Waals surface area contributed by atoms with Crippen LogP contribution in [0.25, 0.3) is 0 Å². The molecule has 0 aromatic rings. The first-order valence-corrected chi connectivity index (χ1v) is 7.79. The van der Waals surface area contributed by atoms with Crippen molar-refractivity contribution in [1.29, 1.82) is 0 Å². The molecule has 0 spiro atoms. The van der Waals surface area contributed by atoms with Gasteiger partial charge in [0.1, 0.15) is 0 Å². The van der Waals surface area contributed by atoms with E-state index in [0.717, 1.165) is 45.4 Å². The number of nitrogens with one attached hydrogen (secondary N) is 1. The summed E-state index contributed by atoms with van der Waals surface area (Å²) in [4.78, 5) is 2.33. The van der Waals surface area contributed by atoms with Gasteiger partial charge in [-0.2, -0.15) is 0 Å². The molecule has 0 aromatic heterocycles. The van der Waals surface area contributed by atoms with Gasteiger partial charge in [0.25, 0.3) is 0 Å². The summed E-state index contributed by atoms with van der Waals surface area (Å²) >= 11 is 0. The first-order chi connectivity index (χ1) is 9.05. The lowest BCUT2D eigenvalue weighted by Crippen LogP contribution is -2.51. The second kappa shape index (κ2) is 8.90. The molecule has 0 bridgehead atoms. The van der Waals surface area contributed by atoms with Crippen LogP contribution in [0.2, 0.25) is 0 Å². The number of hydrogen-bond donors (Lipinski definition) is 3. The minimum Gasteiger partial charge on any atom is -0.395 e. The summed E-state index contributed by atoms with van der Waals surface area (Å²) in [6.45, 7) is 10.5. The van der Waals surface area contributed by atoms with Gasteiger partial charge in [0.15, 0.2) is 0 Å². The van der Waals surface area contributed by atoms with Crippen LogP contribution in [0.1, 0.15) is 40.0 Å². The molecular weight excluding hydrogens is 240 g/mol. The van der Waals surface area contributed by atoms with E-state index in [1.807, 2.05) is 6.92 Å². The number of rotatable bonds is 8. The quantitative estimate of drug-likeness (QED) is 0.619. The zero-order valence-electron chi connectivity index (χ0n) is 12.8. The molecule has 1 fully saturated rings. The molecule has 1 saturated heterocycles. The van der Waals surface area contributed by atoms with Crippen LogP contribution in [-0.2, 0) is 0 Å². The van der Waals surface area contributed by atoms with Crippen molar-refractivity contribution >= 4 is 0 Å².